The number of likely N-dealkylation sites (N-methyl/N-ethyl adjacent to an activating group) is 1. The van der Waals surface area contributed by atoms with E-state index in [1.54, 1.807) is 17.9 Å². The zero-order valence-corrected chi connectivity index (χ0v) is 13.1. The molecular formula is C13H17ClN4OS. The lowest BCUT2D eigenvalue weighted by Gasteiger charge is -2.18. The molecule has 2 unspecified atom stereocenters. The van der Waals surface area contributed by atoms with Crippen molar-refractivity contribution in [3.8, 4) is 0 Å². The molecule has 2 atom stereocenters. The number of thiophene rings is 1. The topological polar surface area (TPSA) is 59.0 Å². The number of aromatic nitrogens is 2. The van der Waals surface area contributed by atoms with E-state index in [4.69, 9.17) is 11.6 Å². The predicted molar refractivity (Wildman–Crippen MR) is 80.9 cm³/mol. The molecule has 1 amide bonds. The van der Waals surface area contributed by atoms with Crippen molar-refractivity contribution < 1.29 is 4.79 Å². The van der Waals surface area contributed by atoms with E-state index in [-0.39, 0.29) is 11.9 Å². The maximum absolute atomic E-state index is 12.3. The lowest BCUT2D eigenvalue weighted by Crippen LogP contribution is -2.37. The van der Waals surface area contributed by atoms with Crippen LogP contribution in [0.1, 0.15) is 29.4 Å². The van der Waals surface area contributed by atoms with Gasteiger partial charge >= 0.3 is 0 Å². The maximum Gasteiger partial charge on any atom is 0.242 e. The van der Waals surface area contributed by atoms with Crippen LogP contribution in [0.25, 0.3) is 0 Å². The van der Waals surface area contributed by atoms with Crippen LogP contribution in [0.2, 0.25) is 4.34 Å². The molecule has 2 heterocycles. The smallest absolute Gasteiger partial charge is 0.242 e. The van der Waals surface area contributed by atoms with Crippen molar-refractivity contribution >= 4 is 28.8 Å². The van der Waals surface area contributed by atoms with Crippen LogP contribution >= 0.6 is 22.9 Å². The third-order valence-electron chi connectivity index (χ3n) is 2.99. The highest BCUT2D eigenvalue weighted by Gasteiger charge is 2.22. The van der Waals surface area contributed by atoms with Crippen molar-refractivity contribution in [2.45, 2.75) is 19.0 Å². The molecule has 0 bridgehead atoms. The number of aryl methyl sites for hydroxylation is 1. The van der Waals surface area contributed by atoms with Crippen LogP contribution in [0.15, 0.2) is 24.5 Å². The van der Waals surface area contributed by atoms with Crippen LogP contribution in [0.4, 0.5) is 0 Å². The molecule has 2 rings (SSSR count). The highest BCUT2D eigenvalue weighted by molar-refractivity contribution is 7.16. The first-order chi connectivity index (χ1) is 9.51. The lowest BCUT2D eigenvalue weighted by molar-refractivity contribution is -0.123. The molecular weight excluding hydrogens is 296 g/mol. The molecule has 0 saturated carbocycles. The van der Waals surface area contributed by atoms with Gasteiger partial charge in [-0.05, 0) is 26.1 Å². The number of halogens is 1. The first-order valence-corrected chi connectivity index (χ1v) is 7.42. The fourth-order valence-electron chi connectivity index (χ4n) is 1.97. The summed E-state index contributed by atoms with van der Waals surface area (Å²) in [6.07, 6.45) is 3.51. The van der Waals surface area contributed by atoms with Gasteiger partial charge in [0.15, 0.2) is 0 Å². The molecule has 0 aliphatic rings. The van der Waals surface area contributed by atoms with Gasteiger partial charge in [-0.15, -0.1) is 11.3 Å². The second-order valence-electron chi connectivity index (χ2n) is 4.54. The van der Waals surface area contributed by atoms with Crippen LogP contribution in [-0.2, 0) is 11.8 Å². The molecule has 0 aliphatic heterocycles. The summed E-state index contributed by atoms with van der Waals surface area (Å²) in [7, 11) is 3.58. The molecule has 20 heavy (non-hydrogen) atoms. The van der Waals surface area contributed by atoms with E-state index in [2.05, 4.69) is 15.7 Å². The Kier molecular flexibility index (Phi) is 4.80. The lowest BCUT2D eigenvalue weighted by atomic mass is 10.1. The van der Waals surface area contributed by atoms with E-state index in [1.165, 1.54) is 11.3 Å². The number of carbonyl (C=O) groups is 1. The molecule has 0 fully saturated rings. The molecule has 108 valence electrons. The Morgan fingerprint density at radius 2 is 2.25 bits per heavy atom. The van der Waals surface area contributed by atoms with Crippen LogP contribution in [0, 0.1) is 0 Å². The minimum absolute atomic E-state index is 0.0764. The number of carbonyl (C=O) groups excluding carboxylic acids is 1. The zero-order valence-electron chi connectivity index (χ0n) is 11.6. The Balaban J connectivity index is 2.06. The van der Waals surface area contributed by atoms with Crippen molar-refractivity contribution in [2.24, 2.45) is 7.05 Å². The first-order valence-electron chi connectivity index (χ1n) is 6.22. The van der Waals surface area contributed by atoms with Crippen LogP contribution < -0.4 is 10.6 Å². The van der Waals surface area contributed by atoms with Gasteiger partial charge in [0, 0.05) is 23.7 Å². The largest absolute Gasteiger partial charge is 0.347 e. The summed E-state index contributed by atoms with van der Waals surface area (Å²) >= 11 is 7.38. The Morgan fingerprint density at radius 3 is 2.75 bits per heavy atom. The Hall–Kier alpha value is -1.37. The first kappa shape index (κ1) is 15.0. The van der Waals surface area contributed by atoms with Crippen LogP contribution in [-0.4, -0.2) is 22.7 Å². The van der Waals surface area contributed by atoms with Crippen molar-refractivity contribution in [2.75, 3.05) is 7.05 Å². The molecule has 0 saturated heterocycles. The van der Waals surface area contributed by atoms with Gasteiger partial charge in [-0.1, -0.05) is 11.6 Å². The summed E-state index contributed by atoms with van der Waals surface area (Å²) < 4.78 is 2.40. The minimum atomic E-state index is -0.415. The summed E-state index contributed by atoms with van der Waals surface area (Å²) in [5.41, 5.74) is 0.837. The van der Waals surface area contributed by atoms with Crippen LogP contribution in [0.5, 0.6) is 0 Å². The van der Waals surface area contributed by atoms with E-state index in [0.717, 1.165) is 14.8 Å². The monoisotopic (exact) mass is 312 g/mol. The molecule has 5 nitrogen and oxygen atoms in total. The number of hydrogen-bond donors (Lipinski definition) is 2. The predicted octanol–water partition coefficient (Wildman–Crippen LogP) is 2.27. The number of nitrogens with one attached hydrogen (secondary N) is 2. The number of hydrogen-bond acceptors (Lipinski definition) is 4. The van der Waals surface area contributed by atoms with Gasteiger partial charge in [0.1, 0.15) is 6.04 Å². The van der Waals surface area contributed by atoms with Gasteiger partial charge in [-0.25, -0.2) is 0 Å². The number of nitrogens with zero attached hydrogens (tertiary/aromatic N) is 2. The van der Waals surface area contributed by atoms with Crippen molar-refractivity contribution in [1.29, 1.82) is 0 Å². The normalized spacial score (nSPS) is 14.0. The Bertz CT molecular complexity index is 595. The van der Waals surface area contributed by atoms with Gasteiger partial charge in [0.05, 0.1) is 16.6 Å². The maximum atomic E-state index is 12.3. The second-order valence-corrected chi connectivity index (χ2v) is 6.29. The fraction of sp³-hybridized carbons (Fsp3) is 0.385. The van der Waals surface area contributed by atoms with E-state index < -0.39 is 6.04 Å². The van der Waals surface area contributed by atoms with Gasteiger partial charge in [-0.3, -0.25) is 9.48 Å². The minimum Gasteiger partial charge on any atom is -0.347 e. The molecule has 0 spiro atoms. The Labute approximate surface area is 126 Å². The van der Waals surface area contributed by atoms with E-state index in [1.807, 2.05) is 32.3 Å². The van der Waals surface area contributed by atoms with Gasteiger partial charge in [0.2, 0.25) is 5.91 Å². The van der Waals surface area contributed by atoms with Crippen molar-refractivity contribution in [1.82, 2.24) is 20.4 Å². The highest BCUT2D eigenvalue weighted by atomic mass is 35.5. The Morgan fingerprint density at radius 1 is 1.50 bits per heavy atom. The summed E-state index contributed by atoms with van der Waals surface area (Å²) in [5, 5.41) is 10.1. The molecule has 0 radical (unpaired) electrons. The molecule has 0 aliphatic carbocycles. The summed E-state index contributed by atoms with van der Waals surface area (Å²) in [6.45, 7) is 1.94. The van der Waals surface area contributed by atoms with Crippen molar-refractivity contribution in [3.63, 3.8) is 0 Å². The van der Waals surface area contributed by atoms with E-state index >= 15 is 0 Å². The quantitative estimate of drug-likeness (QED) is 0.890. The third-order valence-corrected chi connectivity index (χ3v) is 4.40. The molecule has 2 aromatic heterocycles. The summed E-state index contributed by atoms with van der Waals surface area (Å²) in [4.78, 5) is 13.4. The van der Waals surface area contributed by atoms with Gasteiger partial charge in [-0.2, -0.15) is 5.10 Å². The zero-order chi connectivity index (χ0) is 14.7. The molecule has 7 heteroatoms. The SMILES string of the molecule is CNC(C(=O)NC(C)c1ccc(Cl)s1)c1cnn(C)c1. The highest BCUT2D eigenvalue weighted by Crippen LogP contribution is 2.27. The average molecular weight is 313 g/mol. The molecule has 2 aromatic rings. The van der Waals surface area contributed by atoms with E-state index in [9.17, 15) is 4.79 Å². The third kappa shape index (κ3) is 3.39. The van der Waals surface area contributed by atoms with Gasteiger partial charge in [0.25, 0.3) is 0 Å². The fourth-order valence-corrected chi connectivity index (χ4v) is 3.03. The summed E-state index contributed by atoms with van der Waals surface area (Å²) in [5.74, 6) is -0.0856. The van der Waals surface area contributed by atoms with Crippen LogP contribution in [0.3, 0.4) is 0 Å². The van der Waals surface area contributed by atoms with Gasteiger partial charge < -0.3 is 10.6 Å². The molecule has 2 N–H and O–H groups in total. The van der Waals surface area contributed by atoms with Crippen molar-refractivity contribution in [3.05, 3.63) is 39.3 Å². The standard InChI is InChI=1S/C13H17ClN4OS/c1-8(10-4-5-11(14)20-10)17-13(19)12(15-2)9-6-16-18(3)7-9/h4-8,12,15H,1-3H3,(H,17,19). The van der Waals surface area contributed by atoms with E-state index in [0.29, 0.717) is 0 Å². The number of rotatable bonds is 5. The molecule has 0 aromatic carbocycles. The average Bonchev–Trinajstić information content (AvgIpc) is 2.99. The summed E-state index contributed by atoms with van der Waals surface area (Å²) in [6, 6.07) is 3.27. The number of amides is 1. The second kappa shape index (κ2) is 6.39.